The van der Waals surface area contributed by atoms with E-state index in [0.29, 0.717) is 29.2 Å². The highest BCUT2D eigenvalue weighted by molar-refractivity contribution is 14.1. The maximum Gasteiger partial charge on any atom is 0.420 e. The number of fused-ring (bicyclic) bond motifs is 6. The predicted molar refractivity (Wildman–Crippen MR) is 504 cm³/mol. The van der Waals surface area contributed by atoms with E-state index >= 15 is 0 Å². The fraction of sp³-hybridized carbons (Fsp3) is 0.157. The lowest BCUT2D eigenvalue weighted by molar-refractivity contribution is 0.0543. The van der Waals surface area contributed by atoms with E-state index in [1.54, 1.807) is 102 Å². The van der Waals surface area contributed by atoms with Gasteiger partial charge in [-0.1, -0.05) is 86.6 Å². The third-order valence-corrected chi connectivity index (χ3v) is 20.0. The molecule has 0 aliphatic heterocycles. The SMILES string of the molecule is C#C[Si](C)(C)C.C#Cc1cnc2[nH]ccc2c1.COc1cc(C#Cc2cnc3[nH]cc(I)c3c2)ccn1.COc1cc(C#Cc2cnc3[nH]ccc3c2)ccn1.COc1cc(C#Cc2cnc3c(c2)c(I)cn3C(=O)OC(C)(C)C)ccn1.COc1cc(I)ccn1.C[Si](C)(C)C#Cc1cnc2[nH]ccc2c1.Ic1cnc2[nH]ccc2c1. The van der Waals surface area contributed by atoms with Gasteiger partial charge in [0.05, 0.1) is 28.4 Å². The highest BCUT2D eigenvalue weighted by atomic mass is 127. The van der Waals surface area contributed by atoms with E-state index in [2.05, 4.69) is 275 Å². The van der Waals surface area contributed by atoms with Crippen LogP contribution in [0, 0.1) is 85.6 Å². The molecule has 588 valence electrons. The van der Waals surface area contributed by atoms with Gasteiger partial charge in [-0.3, -0.25) is 0 Å². The maximum atomic E-state index is 12.4. The summed E-state index contributed by atoms with van der Waals surface area (Å²) in [5.41, 5.74) is 17.4. The molecule has 0 fully saturated rings. The van der Waals surface area contributed by atoms with Crippen molar-refractivity contribution in [2.45, 2.75) is 65.7 Å². The van der Waals surface area contributed by atoms with Crippen molar-refractivity contribution in [3.05, 3.63) is 267 Å². The van der Waals surface area contributed by atoms with Crippen molar-refractivity contribution < 1.29 is 28.5 Å². The molecule has 0 spiro atoms. The Labute approximate surface area is 735 Å². The van der Waals surface area contributed by atoms with Gasteiger partial charge >= 0.3 is 6.09 Å². The van der Waals surface area contributed by atoms with Crippen LogP contribution in [0.1, 0.15) is 65.3 Å². The van der Waals surface area contributed by atoms with Crippen LogP contribution in [0.4, 0.5) is 4.79 Å². The number of methoxy groups -OCH3 is 4. The van der Waals surface area contributed by atoms with E-state index in [1.165, 1.54) is 13.5 Å². The minimum Gasteiger partial charge on any atom is -0.481 e. The molecule has 0 amide bonds. The van der Waals surface area contributed by atoms with Crippen LogP contribution in [0.25, 0.3) is 66.2 Å². The van der Waals surface area contributed by atoms with Crippen LogP contribution < -0.4 is 18.9 Å². The lowest BCUT2D eigenvalue weighted by Gasteiger charge is -2.19. The third kappa shape index (κ3) is 28.8. The van der Waals surface area contributed by atoms with Crippen LogP contribution in [0.15, 0.2) is 208 Å². The van der Waals surface area contributed by atoms with E-state index in [0.717, 1.165) is 110 Å². The fourth-order valence-electron chi connectivity index (χ4n) is 9.56. The summed E-state index contributed by atoms with van der Waals surface area (Å²) in [4.78, 5) is 69.4. The fourth-order valence-corrected chi connectivity index (χ4v) is 12.2. The number of nitrogens with zero attached hydrogens (tertiary/aromatic N) is 11. The summed E-state index contributed by atoms with van der Waals surface area (Å²) < 4.78 is 31.3. The number of H-pyrrole nitrogens is 5. The predicted octanol–water partition coefficient (Wildman–Crippen LogP) is 19.3. The number of hydrogen-bond acceptors (Lipinski definition) is 16. The lowest BCUT2D eigenvalue weighted by atomic mass is 10.2. The zero-order chi connectivity index (χ0) is 84.1. The smallest absolute Gasteiger partial charge is 0.420 e. The second-order valence-corrected chi connectivity index (χ2v) is 42.1. The van der Waals surface area contributed by atoms with E-state index in [1.807, 2.05) is 143 Å². The molecule has 5 N–H and O–H groups in total. The normalized spacial score (nSPS) is 10.4. The number of terminal acetylenes is 2. The summed E-state index contributed by atoms with van der Waals surface area (Å²) in [6.07, 6.45) is 38.3. The monoisotopic (exact) mass is 2030 g/mol. The Morgan fingerprint density at radius 3 is 1.20 bits per heavy atom. The first-order chi connectivity index (χ1) is 56.1. The molecule has 0 aromatic carbocycles. The summed E-state index contributed by atoms with van der Waals surface area (Å²) in [6, 6.07) is 34.7. The largest absolute Gasteiger partial charge is 0.481 e. The second kappa shape index (κ2) is 43.2. The van der Waals surface area contributed by atoms with Gasteiger partial charge in [0.1, 0.15) is 50.0 Å². The van der Waals surface area contributed by atoms with Crippen molar-refractivity contribution in [3.63, 3.8) is 0 Å². The highest BCUT2D eigenvalue weighted by Crippen LogP contribution is 2.25. The van der Waals surface area contributed by atoms with Crippen molar-refractivity contribution >= 4 is 179 Å². The first-order valence-electron chi connectivity index (χ1n) is 35.7. The standard InChI is InChI=1S/C20H18IN3O3.C15H10IN3O.C15H11N3O.C12H14N2Si.C9H6N2.C7H5IN2.C6H6INO.C5H10Si/c1-20(2,3)27-19(25)24-12-16(21)15-9-14(11-23-18(15)24)6-5-13-7-8-22-17(10-13)26-4;1-20-14-7-10(4-5-17-14)2-3-11-6-12-13(16)9-19-15(12)18-8-11;1-19-14-9-11(4-6-16-14)2-3-12-8-13-5-7-17-15(13)18-10-12;1-15(2,3)7-5-10-8-11-4-6-13-12(11)14-9-10;1-2-7-5-8-3-4-10-9(8)11-6-7;8-6-3-5-1-2-9-7(5)10-4-6;1-9-6-4-5(7)2-3-8-6;1-5-6(2,3)4/h7-12H,1-4H3;4-9H,1H3,(H,18,19);4-10H,1H3,(H,17,18);4,6,8-9H,1-3H3,(H,13,14);1,3-6H,(H,10,11);1-4H,(H,9,10);2-4H,1H3;1H,2-4H3. The van der Waals surface area contributed by atoms with Crippen molar-refractivity contribution in [3.8, 4) is 94.8 Å². The average molecular weight is 2030 g/mol. The van der Waals surface area contributed by atoms with Crippen molar-refractivity contribution in [2.75, 3.05) is 28.4 Å². The van der Waals surface area contributed by atoms with Gasteiger partial charge in [-0.2, -0.15) is 0 Å². The number of carbonyl (C=O) groups excluding carboxylic acids is 1. The number of nitrogens with one attached hydrogen (secondary N) is 5. The van der Waals surface area contributed by atoms with Gasteiger partial charge in [-0.25, -0.2) is 59.2 Å². The highest BCUT2D eigenvalue weighted by Gasteiger charge is 2.21. The lowest BCUT2D eigenvalue weighted by Crippen LogP contribution is -2.26. The molecule has 16 rings (SSSR count). The molecule has 0 aliphatic carbocycles. The molecule has 16 heterocycles. The second-order valence-electron chi connectivity index (χ2n) is 27.7. The third-order valence-electron chi connectivity index (χ3n) is 15.2. The quantitative estimate of drug-likeness (QED) is 0.0622. The van der Waals surface area contributed by atoms with Gasteiger partial charge in [-0.15, -0.1) is 23.9 Å². The molecule has 0 saturated carbocycles. The molecule has 0 saturated heterocycles. The molecule has 16 aromatic heterocycles. The molecule has 0 bridgehead atoms. The van der Waals surface area contributed by atoms with E-state index in [9.17, 15) is 4.79 Å². The summed E-state index contributed by atoms with van der Waals surface area (Å²) in [5, 5.41) is 6.34. The Bertz CT molecular complexity index is 6470. The first kappa shape index (κ1) is 89.1. The summed E-state index contributed by atoms with van der Waals surface area (Å²) in [6.45, 7) is 18.6. The van der Waals surface area contributed by atoms with Gasteiger partial charge in [-0.05, 0) is 196 Å². The minimum absolute atomic E-state index is 0.453. The van der Waals surface area contributed by atoms with Crippen molar-refractivity contribution in [1.82, 2.24) is 79.3 Å². The zero-order valence-corrected chi connectivity index (χ0v) is 76.8. The van der Waals surface area contributed by atoms with Crippen LogP contribution in [-0.4, -0.2) is 136 Å². The minimum atomic E-state index is -1.29. The number of hydrogen-bond donors (Lipinski definition) is 5. The maximum absolute atomic E-state index is 12.4. The number of aromatic nitrogens is 16. The summed E-state index contributed by atoms with van der Waals surface area (Å²) in [7, 11) is 3.96. The average Bonchev–Trinajstić information content (AvgIpc) is 1.63. The number of carbonyl (C=O) groups is 1. The van der Waals surface area contributed by atoms with Crippen LogP contribution in [0.3, 0.4) is 0 Å². The molecule has 0 aliphatic rings. The van der Waals surface area contributed by atoms with Crippen LogP contribution >= 0.6 is 90.4 Å². The number of ether oxygens (including phenoxy) is 5. The van der Waals surface area contributed by atoms with Crippen molar-refractivity contribution in [2.24, 2.45) is 0 Å². The Hall–Kier alpha value is -11.9. The Kier molecular flexibility index (Phi) is 32.9. The number of halogens is 4. The van der Waals surface area contributed by atoms with Gasteiger partial charge in [0.25, 0.3) is 0 Å². The summed E-state index contributed by atoms with van der Waals surface area (Å²) >= 11 is 8.91. The summed E-state index contributed by atoms with van der Waals surface area (Å²) in [5.74, 6) is 26.5. The first-order valence-corrected chi connectivity index (χ1v) is 47.0. The molecule has 0 unspecified atom stereocenters. The molecular formula is C89H80I4N16O6Si2. The molecule has 22 nitrogen and oxygen atoms in total. The van der Waals surface area contributed by atoms with Gasteiger partial charge in [0.2, 0.25) is 23.5 Å². The molecule has 0 atom stereocenters. The van der Waals surface area contributed by atoms with Gasteiger partial charge in [0, 0.05) is 215 Å². The molecule has 0 radical (unpaired) electrons. The van der Waals surface area contributed by atoms with Gasteiger partial charge < -0.3 is 48.6 Å². The van der Waals surface area contributed by atoms with E-state index in [4.69, 9.17) is 36.5 Å². The van der Waals surface area contributed by atoms with Crippen LogP contribution in [-0.2, 0) is 4.74 Å². The molecule has 16 aromatic rings. The van der Waals surface area contributed by atoms with E-state index < -0.39 is 27.8 Å². The number of aromatic amines is 5. The van der Waals surface area contributed by atoms with Gasteiger partial charge in [0.15, 0.2) is 5.65 Å². The Morgan fingerprint density at radius 2 is 0.778 bits per heavy atom. The number of rotatable bonds is 4. The van der Waals surface area contributed by atoms with Crippen molar-refractivity contribution in [1.29, 1.82) is 0 Å². The zero-order valence-electron chi connectivity index (χ0n) is 66.2. The van der Waals surface area contributed by atoms with Crippen LogP contribution in [0.2, 0.25) is 39.3 Å². The van der Waals surface area contributed by atoms with E-state index in [-0.39, 0.29) is 0 Å². The molecule has 28 heteroatoms. The topological polar surface area (TPSA) is 276 Å². The molecule has 117 heavy (non-hydrogen) atoms. The Balaban J connectivity index is 0.000000158. The number of pyridine rings is 10. The Morgan fingerprint density at radius 1 is 0.402 bits per heavy atom. The molecular weight excluding hydrogens is 1950 g/mol. The van der Waals surface area contributed by atoms with Crippen LogP contribution in [0.5, 0.6) is 23.5 Å².